The highest BCUT2D eigenvalue weighted by Gasteiger charge is 2.06. The summed E-state index contributed by atoms with van der Waals surface area (Å²) in [5.74, 6) is 0.716. The molecule has 0 radical (unpaired) electrons. The van der Waals surface area contributed by atoms with E-state index in [4.69, 9.17) is 9.47 Å². The molecule has 2 N–H and O–H groups in total. The number of benzene rings is 2. The van der Waals surface area contributed by atoms with Crippen molar-refractivity contribution in [1.29, 1.82) is 0 Å². The van der Waals surface area contributed by atoms with Crippen molar-refractivity contribution in [1.82, 2.24) is 5.32 Å². The fourth-order valence-corrected chi connectivity index (χ4v) is 1.89. The molecule has 2 rings (SSSR count). The fraction of sp³-hybridized carbons (Fsp3) is 0.176. The number of carbonyl (C=O) groups excluding carboxylic acids is 2. The first kappa shape index (κ1) is 16.4. The van der Waals surface area contributed by atoms with Crippen LogP contribution in [-0.4, -0.2) is 32.6 Å². The van der Waals surface area contributed by atoms with Crippen molar-refractivity contribution in [3.05, 3.63) is 54.1 Å². The zero-order valence-corrected chi connectivity index (χ0v) is 13.0. The molecule has 0 saturated heterocycles. The molecule has 2 amide bonds. The monoisotopic (exact) mass is 314 g/mol. The van der Waals surface area contributed by atoms with Gasteiger partial charge in [0.1, 0.15) is 11.5 Å². The Morgan fingerprint density at radius 1 is 1.04 bits per heavy atom. The highest BCUT2D eigenvalue weighted by atomic mass is 16.5. The van der Waals surface area contributed by atoms with E-state index in [0.717, 1.165) is 0 Å². The standard InChI is InChI=1S/C17H18N2O4/c1-18-17(21)12-6-8-14(9-7-12)23-11-16(20)19-13-4-3-5-15(10-13)22-2/h3-10H,11H2,1-2H3,(H,18,21)(H,19,20). The van der Waals surface area contributed by atoms with E-state index >= 15 is 0 Å². The zero-order valence-electron chi connectivity index (χ0n) is 13.0. The van der Waals surface area contributed by atoms with Crippen molar-refractivity contribution < 1.29 is 19.1 Å². The minimum Gasteiger partial charge on any atom is -0.497 e. The van der Waals surface area contributed by atoms with E-state index in [1.54, 1.807) is 62.7 Å². The Hall–Kier alpha value is -3.02. The van der Waals surface area contributed by atoms with Crippen LogP contribution in [0.3, 0.4) is 0 Å². The van der Waals surface area contributed by atoms with Gasteiger partial charge in [0.15, 0.2) is 6.61 Å². The molecule has 2 aromatic rings. The smallest absolute Gasteiger partial charge is 0.262 e. The molecule has 120 valence electrons. The second-order valence-electron chi connectivity index (χ2n) is 4.67. The predicted molar refractivity (Wildman–Crippen MR) is 87.0 cm³/mol. The van der Waals surface area contributed by atoms with E-state index in [9.17, 15) is 9.59 Å². The second kappa shape index (κ2) is 7.84. The highest BCUT2D eigenvalue weighted by molar-refractivity contribution is 5.94. The fourth-order valence-electron chi connectivity index (χ4n) is 1.89. The van der Waals surface area contributed by atoms with Crippen LogP contribution >= 0.6 is 0 Å². The van der Waals surface area contributed by atoms with Crippen LogP contribution < -0.4 is 20.1 Å². The van der Waals surface area contributed by atoms with Gasteiger partial charge in [-0.15, -0.1) is 0 Å². The molecule has 0 aliphatic heterocycles. The van der Waals surface area contributed by atoms with Crippen molar-refractivity contribution in [2.24, 2.45) is 0 Å². The van der Waals surface area contributed by atoms with E-state index < -0.39 is 0 Å². The van der Waals surface area contributed by atoms with Crippen molar-refractivity contribution in [2.75, 3.05) is 26.1 Å². The van der Waals surface area contributed by atoms with Gasteiger partial charge in [-0.3, -0.25) is 9.59 Å². The number of methoxy groups -OCH3 is 1. The average molecular weight is 314 g/mol. The van der Waals surface area contributed by atoms with Gasteiger partial charge in [0.05, 0.1) is 7.11 Å². The lowest BCUT2D eigenvalue weighted by Crippen LogP contribution is -2.20. The largest absolute Gasteiger partial charge is 0.497 e. The molecule has 0 atom stereocenters. The van der Waals surface area contributed by atoms with Gasteiger partial charge in [0, 0.05) is 24.4 Å². The van der Waals surface area contributed by atoms with Gasteiger partial charge in [-0.25, -0.2) is 0 Å². The Morgan fingerprint density at radius 3 is 2.43 bits per heavy atom. The second-order valence-corrected chi connectivity index (χ2v) is 4.67. The Kier molecular flexibility index (Phi) is 5.57. The number of amides is 2. The molecular weight excluding hydrogens is 296 g/mol. The van der Waals surface area contributed by atoms with E-state index in [1.165, 1.54) is 0 Å². The molecule has 0 unspecified atom stereocenters. The van der Waals surface area contributed by atoms with Crippen LogP contribution in [0.4, 0.5) is 5.69 Å². The summed E-state index contributed by atoms with van der Waals surface area (Å²) in [6.07, 6.45) is 0. The molecule has 6 nitrogen and oxygen atoms in total. The maximum atomic E-state index is 11.9. The molecule has 0 aliphatic carbocycles. The lowest BCUT2D eigenvalue weighted by Gasteiger charge is -2.09. The maximum Gasteiger partial charge on any atom is 0.262 e. The summed E-state index contributed by atoms with van der Waals surface area (Å²) in [5.41, 5.74) is 1.16. The average Bonchev–Trinajstić information content (AvgIpc) is 2.60. The van der Waals surface area contributed by atoms with Crippen LogP contribution in [0, 0.1) is 0 Å². The summed E-state index contributed by atoms with van der Waals surface area (Å²) in [6.45, 7) is -0.128. The molecule has 0 bridgehead atoms. The van der Waals surface area contributed by atoms with Gasteiger partial charge in [-0.1, -0.05) is 6.07 Å². The van der Waals surface area contributed by atoms with Gasteiger partial charge >= 0.3 is 0 Å². The third-order valence-corrected chi connectivity index (χ3v) is 3.07. The van der Waals surface area contributed by atoms with Crippen molar-refractivity contribution in [3.63, 3.8) is 0 Å². The molecule has 0 saturated carbocycles. The lowest BCUT2D eigenvalue weighted by atomic mass is 10.2. The molecule has 6 heteroatoms. The summed E-state index contributed by atoms with van der Waals surface area (Å²) in [5, 5.41) is 5.25. The molecule has 0 aliphatic rings. The van der Waals surface area contributed by atoms with Crippen molar-refractivity contribution in [2.45, 2.75) is 0 Å². The van der Waals surface area contributed by atoms with Gasteiger partial charge in [-0.2, -0.15) is 0 Å². The lowest BCUT2D eigenvalue weighted by molar-refractivity contribution is -0.118. The van der Waals surface area contributed by atoms with E-state index in [1.807, 2.05) is 0 Å². The van der Waals surface area contributed by atoms with Gasteiger partial charge in [0.2, 0.25) is 0 Å². The molecular formula is C17H18N2O4. The SMILES string of the molecule is CNC(=O)c1ccc(OCC(=O)Nc2cccc(OC)c2)cc1. The van der Waals surface area contributed by atoms with E-state index in [-0.39, 0.29) is 18.4 Å². The van der Waals surface area contributed by atoms with Crippen molar-refractivity contribution in [3.8, 4) is 11.5 Å². The summed E-state index contributed by atoms with van der Waals surface area (Å²) >= 11 is 0. The van der Waals surface area contributed by atoms with E-state index in [2.05, 4.69) is 10.6 Å². The number of hydrogen-bond donors (Lipinski definition) is 2. The van der Waals surface area contributed by atoms with Crippen LogP contribution in [0.15, 0.2) is 48.5 Å². The third-order valence-electron chi connectivity index (χ3n) is 3.07. The highest BCUT2D eigenvalue weighted by Crippen LogP contribution is 2.17. The number of ether oxygens (including phenoxy) is 2. The van der Waals surface area contributed by atoms with Crippen LogP contribution in [0.25, 0.3) is 0 Å². The minimum absolute atomic E-state index is 0.128. The first-order valence-electron chi connectivity index (χ1n) is 7.01. The summed E-state index contributed by atoms with van der Waals surface area (Å²) in [6, 6.07) is 13.6. The Balaban J connectivity index is 1.87. The number of nitrogens with one attached hydrogen (secondary N) is 2. The first-order valence-corrected chi connectivity index (χ1v) is 7.01. The predicted octanol–water partition coefficient (Wildman–Crippen LogP) is 2.07. The molecule has 0 fully saturated rings. The Morgan fingerprint density at radius 2 is 1.78 bits per heavy atom. The Bertz CT molecular complexity index is 683. The first-order chi connectivity index (χ1) is 11.1. The topological polar surface area (TPSA) is 76.7 Å². The maximum absolute atomic E-state index is 11.9. The number of hydrogen-bond acceptors (Lipinski definition) is 4. The number of carbonyl (C=O) groups is 2. The van der Waals surface area contributed by atoms with Gasteiger partial charge in [0.25, 0.3) is 11.8 Å². The molecule has 0 heterocycles. The van der Waals surface area contributed by atoms with Gasteiger partial charge in [-0.05, 0) is 36.4 Å². The summed E-state index contributed by atoms with van der Waals surface area (Å²) in [7, 11) is 3.13. The normalized spacial score (nSPS) is 9.83. The van der Waals surface area contributed by atoms with Crippen LogP contribution in [0.2, 0.25) is 0 Å². The molecule has 0 aromatic heterocycles. The van der Waals surface area contributed by atoms with Gasteiger partial charge < -0.3 is 20.1 Å². The van der Waals surface area contributed by atoms with Crippen LogP contribution in [0.5, 0.6) is 11.5 Å². The Labute approximate surface area is 134 Å². The summed E-state index contributed by atoms with van der Waals surface area (Å²) in [4.78, 5) is 23.3. The minimum atomic E-state index is -0.284. The number of rotatable bonds is 6. The van der Waals surface area contributed by atoms with Crippen LogP contribution in [0.1, 0.15) is 10.4 Å². The van der Waals surface area contributed by atoms with Crippen LogP contribution in [-0.2, 0) is 4.79 Å². The third kappa shape index (κ3) is 4.74. The van der Waals surface area contributed by atoms with Crippen molar-refractivity contribution >= 4 is 17.5 Å². The molecule has 0 spiro atoms. The molecule has 23 heavy (non-hydrogen) atoms. The summed E-state index contributed by atoms with van der Waals surface area (Å²) < 4.78 is 10.5. The number of anilines is 1. The quantitative estimate of drug-likeness (QED) is 0.856. The van der Waals surface area contributed by atoms with E-state index in [0.29, 0.717) is 22.7 Å². The molecule has 2 aromatic carbocycles. The zero-order chi connectivity index (χ0) is 16.7.